The normalized spacial score (nSPS) is 16.8. The summed E-state index contributed by atoms with van der Waals surface area (Å²) in [5.74, 6) is -0.384. The van der Waals surface area contributed by atoms with Crippen molar-refractivity contribution in [3.05, 3.63) is 0 Å². The first-order valence-electron chi connectivity index (χ1n) is 7.01. The van der Waals surface area contributed by atoms with E-state index in [0.29, 0.717) is 12.8 Å². The van der Waals surface area contributed by atoms with Gasteiger partial charge in [0.25, 0.3) is 0 Å². The summed E-state index contributed by atoms with van der Waals surface area (Å²) in [6.07, 6.45) is 2.96. The van der Waals surface area contributed by atoms with E-state index in [1.165, 1.54) is 0 Å². The van der Waals surface area contributed by atoms with Crippen molar-refractivity contribution in [1.29, 1.82) is 5.26 Å². The minimum absolute atomic E-state index is 0.0510. The fraction of sp³-hybridized carbons (Fsp3) is 0.786. The zero-order valence-electron chi connectivity index (χ0n) is 12.0. The van der Waals surface area contributed by atoms with Crippen LogP contribution in [0, 0.1) is 16.7 Å². The molecule has 1 atom stereocenters. The van der Waals surface area contributed by atoms with Gasteiger partial charge in [-0.15, -0.1) is 0 Å². The summed E-state index contributed by atoms with van der Waals surface area (Å²) in [7, 11) is 0. The Balaban J connectivity index is 2.65. The molecule has 5 heteroatoms. The number of nitrogens with one attached hydrogen (secondary N) is 1. The lowest BCUT2D eigenvalue weighted by Crippen LogP contribution is -2.50. The van der Waals surface area contributed by atoms with E-state index in [0.717, 1.165) is 25.9 Å². The molecule has 1 saturated heterocycles. The molecule has 1 heterocycles. The number of hydrogen-bond acceptors (Lipinski definition) is 3. The minimum atomic E-state index is -1.01. The van der Waals surface area contributed by atoms with E-state index >= 15 is 0 Å². The molecule has 1 rings (SSSR count). The quantitative estimate of drug-likeness (QED) is 0.817. The van der Waals surface area contributed by atoms with E-state index < -0.39 is 11.5 Å². The Morgan fingerprint density at radius 2 is 1.84 bits per heavy atom. The van der Waals surface area contributed by atoms with Gasteiger partial charge in [0.15, 0.2) is 0 Å². The smallest absolute Gasteiger partial charge is 0.244 e. The Bertz CT molecular complexity index is 377. The molecule has 1 N–H and O–H groups in total. The van der Waals surface area contributed by atoms with Crippen molar-refractivity contribution in [3.8, 4) is 6.07 Å². The van der Waals surface area contributed by atoms with Crippen molar-refractivity contribution < 1.29 is 9.59 Å². The first-order chi connectivity index (χ1) is 9.00. The Hall–Kier alpha value is -1.57. The molecule has 0 saturated carbocycles. The van der Waals surface area contributed by atoms with Gasteiger partial charge >= 0.3 is 0 Å². The molecule has 2 amide bonds. The van der Waals surface area contributed by atoms with Gasteiger partial charge in [-0.25, -0.2) is 0 Å². The molecule has 0 aliphatic carbocycles. The summed E-state index contributed by atoms with van der Waals surface area (Å²) in [5.41, 5.74) is -1.01. The van der Waals surface area contributed by atoms with E-state index in [2.05, 4.69) is 11.4 Å². The number of nitriles is 1. The lowest BCUT2D eigenvalue weighted by Gasteiger charge is -2.26. The molecule has 0 aromatic rings. The first kappa shape index (κ1) is 15.5. The highest BCUT2D eigenvalue weighted by atomic mass is 16.2. The summed E-state index contributed by atoms with van der Waals surface area (Å²) < 4.78 is 0. The maximum absolute atomic E-state index is 12.2. The zero-order chi connectivity index (χ0) is 14.5. The van der Waals surface area contributed by atoms with Gasteiger partial charge in [0.1, 0.15) is 11.5 Å². The molecule has 1 fully saturated rings. The second-order valence-electron chi connectivity index (χ2n) is 5.13. The van der Waals surface area contributed by atoms with Gasteiger partial charge in [-0.1, -0.05) is 13.8 Å². The molecule has 0 aromatic carbocycles. The second-order valence-corrected chi connectivity index (χ2v) is 5.13. The Morgan fingerprint density at radius 3 is 2.26 bits per heavy atom. The molecule has 0 radical (unpaired) electrons. The lowest BCUT2D eigenvalue weighted by molar-refractivity contribution is -0.137. The molecule has 0 bridgehead atoms. The molecule has 106 valence electrons. The summed E-state index contributed by atoms with van der Waals surface area (Å²) in [5, 5.41) is 11.9. The van der Waals surface area contributed by atoms with Gasteiger partial charge in [-0.3, -0.25) is 9.59 Å². The Kier molecular flexibility index (Phi) is 5.34. The van der Waals surface area contributed by atoms with Crippen molar-refractivity contribution in [3.63, 3.8) is 0 Å². The van der Waals surface area contributed by atoms with Crippen LogP contribution >= 0.6 is 0 Å². The van der Waals surface area contributed by atoms with Crippen LogP contribution in [0.2, 0.25) is 0 Å². The third kappa shape index (κ3) is 3.25. The molecule has 1 unspecified atom stereocenters. The average Bonchev–Trinajstić information content (AvgIpc) is 2.94. The van der Waals surface area contributed by atoms with Crippen LogP contribution in [-0.2, 0) is 9.59 Å². The maximum Gasteiger partial charge on any atom is 0.244 e. The number of carbonyl (C=O) groups excluding carboxylic acids is 2. The van der Waals surface area contributed by atoms with Crippen LogP contribution in [0.5, 0.6) is 0 Å². The van der Waals surface area contributed by atoms with E-state index in [4.69, 9.17) is 0 Å². The van der Waals surface area contributed by atoms with Crippen LogP contribution in [0.15, 0.2) is 0 Å². The van der Waals surface area contributed by atoms with Crippen molar-refractivity contribution in [2.24, 2.45) is 5.41 Å². The predicted octanol–water partition coefficient (Wildman–Crippen LogP) is 1.44. The van der Waals surface area contributed by atoms with Crippen molar-refractivity contribution in [2.75, 3.05) is 13.1 Å². The predicted molar refractivity (Wildman–Crippen MR) is 72.0 cm³/mol. The van der Waals surface area contributed by atoms with E-state index in [-0.39, 0.29) is 11.8 Å². The average molecular weight is 265 g/mol. The van der Waals surface area contributed by atoms with Gasteiger partial charge in [0, 0.05) is 13.1 Å². The Labute approximate surface area is 115 Å². The number of amides is 2. The third-order valence-corrected chi connectivity index (χ3v) is 3.99. The molecule has 0 spiro atoms. The van der Waals surface area contributed by atoms with E-state index in [9.17, 15) is 14.9 Å². The molecular formula is C14H23N3O2. The standard InChI is InChI=1S/C14H23N3O2/c1-4-14(5-2,10-15)13(19)16-11(3)12(18)17-8-6-7-9-17/h11H,4-9H2,1-3H3,(H,16,19). The highest BCUT2D eigenvalue weighted by Crippen LogP contribution is 2.25. The Morgan fingerprint density at radius 1 is 1.32 bits per heavy atom. The molecule has 0 aromatic heterocycles. The number of hydrogen-bond donors (Lipinski definition) is 1. The van der Waals surface area contributed by atoms with Gasteiger partial charge < -0.3 is 10.2 Å². The van der Waals surface area contributed by atoms with Crippen molar-refractivity contribution in [1.82, 2.24) is 10.2 Å². The fourth-order valence-electron chi connectivity index (χ4n) is 2.39. The van der Waals surface area contributed by atoms with Crippen LogP contribution in [0.25, 0.3) is 0 Å². The van der Waals surface area contributed by atoms with Gasteiger partial charge in [0.2, 0.25) is 11.8 Å². The van der Waals surface area contributed by atoms with Crippen LogP contribution in [0.4, 0.5) is 0 Å². The monoisotopic (exact) mass is 265 g/mol. The van der Waals surface area contributed by atoms with Crippen LogP contribution in [0.1, 0.15) is 46.5 Å². The summed E-state index contributed by atoms with van der Waals surface area (Å²) in [4.78, 5) is 26.1. The summed E-state index contributed by atoms with van der Waals surface area (Å²) >= 11 is 0. The first-order valence-corrected chi connectivity index (χ1v) is 7.01. The van der Waals surface area contributed by atoms with Gasteiger partial charge in [-0.2, -0.15) is 5.26 Å². The van der Waals surface area contributed by atoms with Gasteiger partial charge in [-0.05, 0) is 32.6 Å². The number of carbonyl (C=O) groups is 2. The summed E-state index contributed by atoms with van der Waals surface area (Å²) in [6, 6.07) is 1.53. The third-order valence-electron chi connectivity index (χ3n) is 3.99. The molecule has 1 aliphatic rings. The molecule has 5 nitrogen and oxygen atoms in total. The minimum Gasteiger partial charge on any atom is -0.343 e. The van der Waals surface area contributed by atoms with Crippen LogP contribution < -0.4 is 5.32 Å². The number of nitrogens with zero attached hydrogens (tertiary/aromatic N) is 2. The summed E-state index contributed by atoms with van der Waals surface area (Å²) in [6.45, 7) is 6.86. The molecular weight excluding hydrogens is 242 g/mol. The van der Waals surface area contributed by atoms with Crippen molar-refractivity contribution in [2.45, 2.75) is 52.5 Å². The van der Waals surface area contributed by atoms with Crippen LogP contribution in [-0.4, -0.2) is 35.8 Å². The number of likely N-dealkylation sites (tertiary alicyclic amines) is 1. The second kappa shape index (κ2) is 6.55. The topological polar surface area (TPSA) is 73.2 Å². The van der Waals surface area contributed by atoms with Gasteiger partial charge in [0.05, 0.1) is 6.07 Å². The largest absolute Gasteiger partial charge is 0.343 e. The SMILES string of the molecule is CCC(C#N)(CC)C(=O)NC(C)C(=O)N1CCCC1. The lowest BCUT2D eigenvalue weighted by atomic mass is 9.83. The van der Waals surface area contributed by atoms with E-state index in [1.54, 1.807) is 11.8 Å². The fourth-order valence-corrected chi connectivity index (χ4v) is 2.39. The number of rotatable bonds is 5. The maximum atomic E-state index is 12.2. The zero-order valence-corrected chi connectivity index (χ0v) is 12.0. The highest BCUT2D eigenvalue weighted by molar-refractivity contribution is 5.91. The molecule has 19 heavy (non-hydrogen) atoms. The van der Waals surface area contributed by atoms with Crippen LogP contribution in [0.3, 0.4) is 0 Å². The van der Waals surface area contributed by atoms with E-state index in [1.807, 2.05) is 13.8 Å². The highest BCUT2D eigenvalue weighted by Gasteiger charge is 2.37. The molecule has 1 aliphatic heterocycles. The van der Waals surface area contributed by atoms with Crippen molar-refractivity contribution >= 4 is 11.8 Å².